The van der Waals surface area contributed by atoms with Gasteiger partial charge in [-0.05, 0) is 94.6 Å². The molecule has 1 aromatic heterocycles. The predicted octanol–water partition coefficient (Wildman–Crippen LogP) is 6.05. The topological polar surface area (TPSA) is 124 Å². The number of hydrogen-bond acceptors (Lipinski definition) is 7. The zero-order valence-corrected chi connectivity index (χ0v) is 26.3. The van der Waals surface area contributed by atoms with Gasteiger partial charge in [0.25, 0.3) is 11.8 Å². The van der Waals surface area contributed by atoms with Crippen molar-refractivity contribution in [2.24, 2.45) is 0 Å². The quantitative estimate of drug-likeness (QED) is 0.262. The van der Waals surface area contributed by atoms with Crippen molar-refractivity contribution in [2.45, 2.75) is 51.8 Å². The summed E-state index contributed by atoms with van der Waals surface area (Å²) in [5.41, 5.74) is 3.28. The first-order valence-electron chi connectivity index (χ1n) is 15.1. The number of piperidine rings is 1. The van der Waals surface area contributed by atoms with E-state index < -0.39 is 29.8 Å². The van der Waals surface area contributed by atoms with E-state index in [9.17, 15) is 27.2 Å². The molecule has 0 atom stereocenters. The molecule has 2 fully saturated rings. The number of aliphatic carboxylic acids is 1. The van der Waals surface area contributed by atoms with E-state index in [-0.39, 0.29) is 17.4 Å². The Labute approximate surface area is 269 Å². The Bertz CT molecular complexity index is 1580. The number of nitrogens with one attached hydrogen (secondary N) is 2. The lowest BCUT2D eigenvalue weighted by Crippen LogP contribution is -2.36. The van der Waals surface area contributed by atoms with Crippen LogP contribution in [-0.2, 0) is 4.79 Å². The van der Waals surface area contributed by atoms with Crippen LogP contribution in [0.5, 0.6) is 5.75 Å². The third kappa shape index (κ3) is 9.88. The summed E-state index contributed by atoms with van der Waals surface area (Å²) in [6.45, 7) is 7.54. The van der Waals surface area contributed by atoms with Crippen molar-refractivity contribution in [3.63, 3.8) is 0 Å². The van der Waals surface area contributed by atoms with Crippen LogP contribution in [0.2, 0.25) is 0 Å². The van der Waals surface area contributed by atoms with E-state index in [1.807, 2.05) is 32.0 Å². The smallest absolute Gasteiger partial charge is 0.489 e. The molecule has 2 aliphatic rings. The lowest BCUT2D eigenvalue weighted by atomic mass is 10.1. The van der Waals surface area contributed by atoms with E-state index in [0.29, 0.717) is 17.1 Å². The largest absolute Gasteiger partial charge is 0.490 e. The van der Waals surface area contributed by atoms with Gasteiger partial charge in [-0.25, -0.2) is 14.2 Å². The maximum atomic E-state index is 14.2. The van der Waals surface area contributed by atoms with Gasteiger partial charge in [0.15, 0.2) is 0 Å². The highest BCUT2D eigenvalue weighted by Gasteiger charge is 2.38. The summed E-state index contributed by atoms with van der Waals surface area (Å²) in [5.74, 6) is -3.47. The second-order valence-corrected chi connectivity index (χ2v) is 11.6. The molecule has 0 saturated carbocycles. The van der Waals surface area contributed by atoms with E-state index in [4.69, 9.17) is 14.6 Å². The summed E-state index contributed by atoms with van der Waals surface area (Å²) in [6, 6.07) is 13.0. The molecule has 3 aromatic rings. The number of carboxylic acid groups (broad SMARTS) is 1. The number of anilines is 3. The van der Waals surface area contributed by atoms with Crippen LogP contribution < -0.4 is 20.3 Å². The summed E-state index contributed by atoms with van der Waals surface area (Å²) in [6.07, 6.45) is -1.05. The third-order valence-corrected chi connectivity index (χ3v) is 7.70. The zero-order chi connectivity index (χ0) is 34.3. The number of aryl methyl sites for hydroxylation is 2. The first-order valence-corrected chi connectivity index (χ1v) is 15.1. The molecule has 3 N–H and O–H groups in total. The number of halogens is 4. The first kappa shape index (κ1) is 35.1. The summed E-state index contributed by atoms with van der Waals surface area (Å²) >= 11 is 0. The number of carboxylic acids is 1. The number of rotatable bonds is 7. The molecular weight excluding hydrogens is 622 g/mol. The van der Waals surface area contributed by atoms with Gasteiger partial charge in [-0.1, -0.05) is 0 Å². The number of nitrogens with zero attached hydrogens (tertiary/aromatic N) is 3. The van der Waals surface area contributed by atoms with Crippen molar-refractivity contribution in [2.75, 3.05) is 48.8 Å². The molecule has 0 bridgehead atoms. The highest BCUT2D eigenvalue weighted by Crippen LogP contribution is 2.31. The summed E-state index contributed by atoms with van der Waals surface area (Å²) in [7, 11) is 2.09. The number of pyridine rings is 1. The highest BCUT2D eigenvalue weighted by molar-refractivity contribution is 6.13. The van der Waals surface area contributed by atoms with Gasteiger partial charge in [0.2, 0.25) is 0 Å². The molecule has 47 heavy (non-hydrogen) atoms. The van der Waals surface area contributed by atoms with E-state index in [0.717, 1.165) is 74.9 Å². The number of amides is 2. The number of aromatic nitrogens is 1. The molecule has 2 saturated heterocycles. The standard InChI is InChI=1S/C31H36FN5O3.C2HF3O2/c1-20-16-21(2)33-29(17-20)35-31(39)26-18-22(32)6-9-27(26)34-30(38)25-8-7-23(37-12-4-5-13-37)19-28(25)40-24-10-14-36(3)15-11-24;3-2(4,5)1(6)7/h6-9,16-19,24H,4-5,10-15H2,1-3H3,(H,34,38)(H,33,35,39);(H,6,7). The van der Waals surface area contributed by atoms with Gasteiger partial charge < -0.3 is 30.3 Å². The molecule has 252 valence electrons. The molecule has 10 nitrogen and oxygen atoms in total. The van der Waals surface area contributed by atoms with Crippen molar-refractivity contribution in [3.05, 3.63) is 76.7 Å². The van der Waals surface area contributed by atoms with Gasteiger partial charge in [-0.2, -0.15) is 13.2 Å². The van der Waals surface area contributed by atoms with Crippen LogP contribution >= 0.6 is 0 Å². The number of carbonyl (C=O) groups is 3. The number of ether oxygens (including phenoxy) is 1. The SMILES string of the molecule is Cc1cc(C)nc(NC(=O)c2cc(F)ccc2NC(=O)c2ccc(N3CCCC3)cc2OC2CCN(C)CC2)c1.O=C(O)C(F)(F)F. The molecule has 0 unspecified atom stereocenters. The second kappa shape index (κ2) is 15.2. The fraction of sp³-hybridized carbons (Fsp3) is 0.394. The van der Waals surface area contributed by atoms with E-state index in [2.05, 4.69) is 32.5 Å². The first-order chi connectivity index (χ1) is 22.2. The molecule has 3 heterocycles. The Kier molecular flexibility index (Phi) is 11.4. The normalized spacial score (nSPS) is 15.4. The van der Waals surface area contributed by atoms with Gasteiger partial charge in [-0.15, -0.1) is 0 Å². The molecule has 2 amide bonds. The minimum absolute atomic E-state index is 0.000724. The highest BCUT2D eigenvalue weighted by atomic mass is 19.4. The van der Waals surface area contributed by atoms with Gasteiger partial charge >= 0.3 is 12.1 Å². The van der Waals surface area contributed by atoms with Crippen molar-refractivity contribution < 1.29 is 41.8 Å². The minimum Gasteiger partial charge on any atom is -0.489 e. The maximum Gasteiger partial charge on any atom is 0.490 e. The molecular formula is C33H37F4N5O5. The minimum atomic E-state index is -5.08. The van der Waals surface area contributed by atoms with Crippen LogP contribution in [0, 0.1) is 19.7 Å². The molecule has 14 heteroatoms. The van der Waals surface area contributed by atoms with E-state index in [1.165, 1.54) is 12.1 Å². The van der Waals surface area contributed by atoms with E-state index in [1.54, 1.807) is 12.1 Å². The van der Waals surface area contributed by atoms with Crippen LogP contribution in [0.1, 0.15) is 57.7 Å². The van der Waals surface area contributed by atoms with Crippen LogP contribution in [-0.4, -0.2) is 78.3 Å². The Morgan fingerprint density at radius 3 is 2.15 bits per heavy atom. The zero-order valence-electron chi connectivity index (χ0n) is 26.3. The molecule has 0 aliphatic carbocycles. The number of benzene rings is 2. The fourth-order valence-corrected chi connectivity index (χ4v) is 5.34. The van der Waals surface area contributed by atoms with Crippen LogP contribution in [0.3, 0.4) is 0 Å². The summed E-state index contributed by atoms with van der Waals surface area (Å²) < 4.78 is 52.4. The Balaban J connectivity index is 0.000000644. The summed E-state index contributed by atoms with van der Waals surface area (Å²) in [5, 5.41) is 12.7. The molecule has 0 radical (unpaired) electrons. The van der Waals surface area contributed by atoms with Crippen molar-refractivity contribution in [3.8, 4) is 5.75 Å². The lowest BCUT2D eigenvalue weighted by molar-refractivity contribution is -0.192. The Morgan fingerprint density at radius 2 is 1.53 bits per heavy atom. The number of carbonyl (C=O) groups excluding carboxylic acids is 2. The number of likely N-dealkylation sites (tertiary alicyclic amines) is 1. The van der Waals surface area contributed by atoms with Gasteiger partial charge in [0.05, 0.1) is 16.8 Å². The second-order valence-electron chi connectivity index (χ2n) is 11.6. The average Bonchev–Trinajstić information content (AvgIpc) is 3.54. The number of alkyl halides is 3. The van der Waals surface area contributed by atoms with Crippen LogP contribution in [0.4, 0.5) is 34.8 Å². The molecule has 2 aromatic carbocycles. The average molecular weight is 660 g/mol. The molecule has 2 aliphatic heterocycles. The Morgan fingerprint density at radius 1 is 0.894 bits per heavy atom. The van der Waals surface area contributed by atoms with Gasteiger partial charge in [-0.3, -0.25) is 9.59 Å². The van der Waals surface area contributed by atoms with Crippen molar-refractivity contribution in [1.82, 2.24) is 9.88 Å². The maximum absolute atomic E-state index is 14.2. The third-order valence-electron chi connectivity index (χ3n) is 7.70. The monoisotopic (exact) mass is 659 g/mol. The Hall–Kier alpha value is -4.72. The van der Waals surface area contributed by atoms with Gasteiger partial charge in [0.1, 0.15) is 23.5 Å². The van der Waals surface area contributed by atoms with Gasteiger partial charge in [0, 0.05) is 43.6 Å². The predicted molar refractivity (Wildman–Crippen MR) is 169 cm³/mol. The summed E-state index contributed by atoms with van der Waals surface area (Å²) in [4.78, 5) is 44.6. The molecule has 5 rings (SSSR count). The number of hydrogen-bond donors (Lipinski definition) is 3. The van der Waals surface area contributed by atoms with Crippen molar-refractivity contribution in [1.29, 1.82) is 0 Å². The van der Waals surface area contributed by atoms with E-state index >= 15 is 0 Å². The molecule has 0 spiro atoms. The van der Waals surface area contributed by atoms with Crippen LogP contribution in [0.25, 0.3) is 0 Å². The van der Waals surface area contributed by atoms with Crippen molar-refractivity contribution >= 4 is 35.0 Å². The fourth-order valence-electron chi connectivity index (χ4n) is 5.34. The lowest BCUT2D eigenvalue weighted by Gasteiger charge is -2.30. The van der Waals surface area contributed by atoms with Crippen LogP contribution in [0.15, 0.2) is 48.5 Å².